The molecule has 0 bridgehead atoms. The van der Waals surface area contributed by atoms with Gasteiger partial charge in [0, 0.05) is 16.4 Å². The lowest BCUT2D eigenvalue weighted by atomic mass is 10.2. The van der Waals surface area contributed by atoms with Crippen molar-refractivity contribution in [3.8, 4) is 5.75 Å². The van der Waals surface area contributed by atoms with Crippen LogP contribution < -0.4 is 15.8 Å². The number of nitrogens with one attached hydrogen (secondary N) is 1. The normalized spacial score (nSPS) is 10.1. The highest BCUT2D eigenvalue weighted by molar-refractivity contribution is 6.30. The number of ether oxygens (including phenoxy) is 1. The van der Waals surface area contributed by atoms with Crippen LogP contribution in [0.3, 0.4) is 0 Å². The van der Waals surface area contributed by atoms with Crippen molar-refractivity contribution in [1.29, 1.82) is 0 Å². The molecule has 0 saturated heterocycles. The monoisotopic (exact) mass is 290 g/mol. The Morgan fingerprint density at radius 3 is 2.60 bits per heavy atom. The van der Waals surface area contributed by atoms with Gasteiger partial charge in [-0.05, 0) is 55.0 Å². The van der Waals surface area contributed by atoms with Crippen molar-refractivity contribution < 1.29 is 9.53 Å². The number of nitrogens with two attached hydrogens (primary N) is 1. The van der Waals surface area contributed by atoms with Crippen molar-refractivity contribution in [2.75, 3.05) is 17.7 Å². The number of nitrogen functional groups attached to an aromatic ring is 1. The Morgan fingerprint density at radius 2 is 1.95 bits per heavy atom. The zero-order chi connectivity index (χ0) is 14.5. The summed E-state index contributed by atoms with van der Waals surface area (Å²) in [5.74, 6) is 0.408. The molecule has 0 aromatic heterocycles. The summed E-state index contributed by atoms with van der Waals surface area (Å²) < 4.78 is 5.45. The minimum atomic E-state index is -0.232. The Hall–Kier alpha value is -2.20. The van der Waals surface area contributed by atoms with Gasteiger partial charge in [-0.25, -0.2) is 0 Å². The van der Waals surface area contributed by atoms with E-state index in [0.717, 1.165) is 5.56 Å². The molecular formula is C15H15ClN2O2. The van der Waals surface area contributed by atoms with E-state index in [0.29, 0.717) is 22.1 Å². The number of carbonyl (C=O) groups excluding carboxylic acids is 1. The summed E-state index contributed by atoms with van der Waals surface area (Å²) in [5.41, 5.74) is 7.79. The van der Waals surface area contributed by atoms with Crippen LogP contribution in [0.5, 0.6) is 5.75 Å². The van der Waals surface area contributed by atoms with Crippen LogP contribution >= 0.6 is 11.6 Å². The Labute approximate surface area is 122 Å². The standard InChI is InChI=1S/C15H15ClN2O2/c1-10-8-11(16)2-7-14(10)20-9-15(19)18-13-5-3-12(17)4-6-13/h2-8H,9,17H2,1H3,(H,18,19). The van der Waals surface area contributed by atoms with Gasteiger partial charge in [-0.3, -0.25) is 4.79 Å². The van der Waals surface area contributed by atoms with E-state index in [4.69, 9.17) is 22.1 Å². The number of aryl methyl sites for hydroxylation is 1. The van der Waals surface area contributed by atoms with Gasteiger partial charge in [-0.15, -0.1) is 0 Å². The molecule has 3 N–H and O–H groups in total. The summed E-state index contributed by atoms with van der Waals surface area (Å²) in [6.07, 6.45) is 0. The molecule has 5 heteroatoms. The molecule has 0 radical (unpaired) electrons. The largest absolute Gasteiger partial charge is 0.483 e. The molecule has 1 amide bonds. The van der Waals surface area contributed by atoms with Gasteiger partial charge in [-0.2, -0.15) is 0 Å². The molecule has 20 heavy (non-hydrogen) atoms. The number of carbonyl (C=O) groups is 1. The Morgan fingerprint density at radius 1 is 1.25 bits per heavy atom. The van der Waals surface area contributed by atoms with Crippen molar-refractivity contribution >= 4 is 28.9 Å². The molecule has 4 nitrogen and oxygen atoms in total. The third-order valence-corrected chi connectivity index (χ3v) is 2.93. The van der Waals surface area contributed by atoms with Crippen LogP contribution in [0.2, 0.25) is 5.02 Å². The maximum Gasteiger partial charge on any atom is 0.262 e. The number of anilines is 2. The molecule has 0 saturated carbocycles. The zero-order valence-electron chi connectivity index (χ0n) is 11.0. The second-order valence-electron chi connectivity index (χ2n) is 4.37. The highest BCUT2D eigenvalue weighted by Gasteiger charge is 2.05. The SMILES string of the molecule is Cc1cc(Cl)ccc1OCC(=O)Nc1ccc(N)cc1. The van der Waals surface area contributed by atoms with Gasteiger partial charge in [0.25, 0.3) is 5.91 Å². The van der Waals surface area contributed by atoms with E-state index in [9.17, 15) is 4.79 Å². The Bertz CT molecular complexity index is 612. The summed E-state index contributed by atoms with van der Waals surface area (Å²) in [5, 5.41) is 3.36. The summed E-state index contributed by atoms with van der Waals surface area (Å²) in [4.78, 5) is 11.8. The molecule has 0 unspecified atom stereocenters. The van der Waals surface area contributed by atoms with E-state index in [-0.39, 0.29) is 12.5 Å². The van der Waals surface area contributed by atoms with Crippen LogP contribution in [0.4, 0.5) is 11.4 Å². The fraction of sp³-hybridized carbons (Fsp3) is 0.133. The van der Waals surface area contributed by atoms with E-state index in [2.05, 4.69) is 5.32 Å². The molecule has 0 atom stereocenters. The molecule has 0 spiro atoms. The van der Waals surface area contributed by atoms with E-state index >= 15 is 0 Å². The first-order valence-corrected chi connectivity index (χ1v) is 6.47. The molecular weight excluding hydrogens is 276 g/mol. The summed E-state index contributed by atoms with van der Waals surface area (Å²) in [7, 11) is 0. The van der Waals surface area contributed by atoms with Crippen molar-refractivity contribution in [2.45, 2.75) is 6.92 Å². The molecule has 2 rings (SSSR count). The number of benzene rings is 2. The minimum Gasteiger partial charge on any atom is -0.483 e. The van der Waals surface area contributed by atoms with Crippen LogP contribution in [-0.2, 0) is 4.79 Å². The lowest BCUT2D eigenvalue weighted by Crippen LogP contribution is -2.20. The van der Waals surface area contributed by atoms with Crippen molar-refractivity contribution in [1.82, 2.24) is 0 Å². The number of rotatable bonds is 4. The van der Waals surface area contributed by atoms with Gasteiger partial charge in [0.05, 0.1) is 0 Å². The van der Waals surface area contributed by atoms with Crippen molar-refractivity contribution in [3.63, 3.8) is 0 Å². The Kier molecular flexibility index (Phi) is 4.48. The van der Waals surface area contributed by atoms with Crippen LogP contribution in [0.25, 0.3) is 0 Å². The first-order valence-electron chi connectivity index (χ1n) is 6.09. The molecule has 2 aromatic carbocycles. The molecule has 0 aliphatic carbocycles. The van der Waals surface area contributed by atoms with E-state index in [1.54, 1.807) is 42.5 Å². The summed E-state index contributed by atoms with van der Waals surface area (Å²) in [6.45, 7) is 1.81. The quantitative estimate of drug-likeness (QED) is 0.850. The van der Waals surface area contributed by atoms with Crippen molar-refractivity contribution in [3.05, 3.63) is 53.1 Å². The highest BCUT2D eigenvalue weighted by Crippen LogP contribution is 2.21. The second kappa shape index (κ2) is 6.30. The van der Waals surface area contributed by atoms with Crippen molar-refractivity contribution in [2.24, 2.45) is 0 Å². The van der Waals surface area contributed by atoms with E-state index in [1.165, 1.54) is 0 Å². The number of hydrogen-bond acceptors (Lipinski definition) is 3. The van der Waals surface area contributed by atoms with Gasteiger partial charge in [-0.1, -0.05) is 11.6 Å². The van der Waals surface area contributed by atoms with Gasteiger partial charge in [0.1, 0.15) is 5.75 Å². The Balaban J connectivity index is 1.90. The molecule has 0 aliphatic heterocycles. The molecule has 2 aromatic rings. The maximum absolute atomic E-state index is 11.8. The van der Waals surface area contributed by atoms with Gasteiger partial charge in [0.2, 0.25) is 0 Å². The van der Waals surface area contributed by atoms with Crippen LogP contribution in [0.1, 0.15) is 5.56 Å². The summed E-state index contributed by atoms with van der Waals surface area (Å²) in [6, 6.07) is 12.2. The highest BCUT2D eigenvalue weighted by atomic mass is 35.5. The van der Waals surface area contributed by atoms with Gasteiger partial charge < -0.3 is 15.8 Å². The van der Waals surface area contributed by atoms with Crippen LogP contribution in [0.15, 0.2) is 42.5 Å². The topological polar surface area (TPSA) is 64.3 Å². The number of amides is 1. The lowest BCUT2D eigenvalue weighted by Gasteiger charge is -2.10. The van der Waals surface area contributed by atoms with E-state index in [1.807, 2.05) is 6.92 Å². The average molecular weight is 291 g/mol. The fourth-order valence-electron chi connectivity index (χ4n) is 1.68. The summed E-state index contributed by atoms with van der Waals surface area (Å²) >= 11 is 5.85. The maximum atomic E-state index is 11.8. The van der Waals surface area contributed by atoms with Gasteiger partial charge >= 0.3 is 0 Å². The smallest absolute Gasteiger partial charge is 0.262 e. The van der Waals surface area contributed by atoms with Crippen LogP contribution in [-0.4, -0.2) is 12.5 Å². The fourth-order valence-corrected chi connectivity index (χ4v) is 1.91. The number of hydrogen-bond donors (Lipinski definition) is 2. The first-order chi connectivity index (χ1) is 9.54. The molecule has 0 aliphatic rings. The average Bonchev–Trinajstić information content (AvgIpc) is 2.40. The predicted octanol–water partition coefficient (Wildman–Crippen LogP) is 3.25. The lowest BCUT2D eigenvalue weighted by molar-refractivity contribution is -0.118. The molecule has 0 fully saturated rings. The molecule has 104 valence electrons. The predicted molar refractivity (Wildman–Crippen MR) is 81.2 cm³/mol. The zero-order valence-corrected chi connectivity index (χ0v) is 11.8. The minimum absolute atomic E-state index is 0.0626. The second-order valence-corrected chi connectivity index (χ2v) is 4.81. The van der Waals surface area contributed by atoms with Gasteiger partial charge in [0.15, 0.2) is 6.61 Å². The third kappa shape index (κ3) is 3.90. The van der Waals surface area contributed by atoms with E-state index < -0.39 is 0 Å². The van der Waals surface area contributed by atoms with Crippen LogP contribution in [0, 0.1) is 6.92 Å². The third-order valence-electron chi connectivity index (χ3n) is 2.69. The number of halogens is 1. The first kappa shape index (κ1) is 14.2. The molecule has 0 heterocycles.